The minimum Gasteiger partial charge on any atom is -0.493 e. The number of nitrogens with one attached hydrogen (secondary N) is 1. The number of rotatable bonds is 8. The summed E-state index contributed by atoms with van der Waals surface area (Å²) in [6.45, 7) is 5.48. The van der Waals surface area contributed by atoms with E-state index < -0.39 is 5.97 Å². The summed E-state index contributed by atoms with van der Waals surface area (Å²) in [7, 11) is 0. The summed E-state index contributed by atoms with van der Waals surface area (Å²) in [5.41, 5.74) is 4.52. The van der Waals surface area contributed by atoms with E-state index in [-0.39, 0.29) is 19.0 Å². The zero-order valence-electron chi connectivity index (χ0n) is 23.9. The van der Waals surface area contributed by atoms with E-state index in [0.29, 0.717) is 67.1 Å². The van der Waals surface area contributed by atoms with Crippen molar-refractivity contribution in [3.63, 3.8) is 0 Å². The highest BCUT2D eigenvalue weighted by Crippen LogP contribution is 2.40. The molecular formula is C34H34FN3O4. The minimum atomic E-state index is -0.423. The van der Waals surface area contributed by atoms with Gasteiger partial charge in [0.2, 0.25) is 0 Å². The second-order valence-corrected chi connectivity index (χ2v) is 10.3. The fraction of sp³-hybridized carbons (Fsp3) is 0.294. The molecule has 0 saturated carbocycles. The molecular weight excluding hydrogens is 533 g/mol. The molecule has 0 unspecified atom stereocenters. The van der Waals surface area contributed by atoms with Crippen LogP contribution in [-0.2, 0) is 35.5 Å². The number of ether oxygens (including phenoxy) is 3. The average molecular weight is 568 g/mol. The molecule has 0 spiro atoms. The van der Waals surface area contributed by atoms with E-state index in [1.807, 2.05) is 47.9 Å². The van der Waals surface area contributed by atoms with Gasteiger partial charge in [-0.25, -0.2) is 9.18 Å². The molecule has 3 heterocycles. The molecule has 0 aliphatic carbocycles. The predicted molar refractivity (Wildman–Crippen MR) is 161 cm³/mol. The summed E-state index contributed by atoms with van der Waals surface area (Å²) in [4.78, 5) is 13.5. The van der Waals surface area contributed by atoms with Crippen LogP contribution in [0.4, 0.5) is 4.39 Å². The van der Waals surface area contributed by atoms with Gasteiger partial charge in [-0.1, -0.05) is 55.5 Å². The lowest BCUT2D eigenvalue weighted by molar-refractivity contribution is 0.0513. The van der Waals surface area contributed by atoms with Crippen LogP contribution in [0.5, 0.6) is 5.75 Å². The third kappa shape index (κ3) is 5.07. The highest BCUT2D eigenvalue weighted by Gasteiger charge is 2.29. The molecule has 8 heteroatoms. The number of allylic oxidation sites excluding steroid dienone is 1. The van der Waals surface area contributed by atoms with E-state index in [4.69, 9.17) is 14.2 Å². The van der Waals surface area contributed by atoms with Crippen molar-refractivity contribution >= 4 is 27.6 Å². The Morgan fingerprint density at radius 3 is 2.76 bits per heavy atom. The number of aryl methyl sites for hydroxylation is 2. The maximum absolute atomic E-state index is 15.9. The van der Waals surface area contributed by atoms with Gasteiger partial charge in [0.25, 0.3) is 0 Å². The Labute approximate surface area is 243 Å². The second kappa shape index (κ2) is 12.2. The molecule has 2 aromatic heterocycles. The number of benzene rings is 3. The van der Waals surface area contributed by atoms with Crippen LogP contribution in [0.15, 0.2) is 66.7 Å². The highest BCUT2D eigenvalue weighted by atomic mass is 19.1. The molecule has 5 aromatic rings. The Morgan fingerprint density at radius 2 is 1.90 bits per heavy atom. The number of carbonyl (C=O) groups is 1. The Kier molecular flexibility index (Phi) is 8.06. The maximum Gasteiger partial charge on any atom is 0.355 e. The van der Waals surface area contributed by atoms with E-state index in [9.17, 15) is 4.79 Å². The number of aromatic amines is 1. The zero-order valence-corrected chi connectivity index (χ0v) is 23.9. The third-order valence-electron chi connectivity index (χ3n) is 7.75. The van der Waals surface area contributed by atoms with E-state index >= 15 is 4.39 Å². The number of hydrogen-bond acceptors (Lipinski definition) is 5. The first kappa shape index (κ1) is 27.7. The third-order valence-corrected chi connectivity index (χ3v) is 7.75. The summed E-state index contributed by atoms with van der Waals surface area (Å²) in [6, 6.07) is 17.4. The van der Waals surface area contributed by atoms with Crippen molar-refractivity contribution in [2.24, 2.45) is 0 Å². The molecule has 0 atom stereocenters. The smallest absolute Gasteiger partial charge is 0.355 e. The average Bonchev–Trinajstić information content (AvgIpc) is 3.54. The number of hydrogen-bond donors (Lipinski definition) is 1. The Morgan fingerprint density at radius 1 is 1.05 bits per heavy atom. The molecule has 0 amide bonds. The van der Waals surface area contributed by atoms with Crippen LogP contribution in [0.2, 0.25) is 0 Å². The number of H-pyrrole nitrogens is 1. The number of nitrogens with zero attached hydrogens (tertiary/aromatic N) is 2. The largest absolute Gasteiger partial charge is 0.493 e. The van der Waals surface area contributed by atoms with Gasteiger partial charge >= 0.3 is 5.97 Å². The number of esters is 1. The lowest BCUT2D eigenvalue weighted by Crippen LogP contribution is -2.15. The molecule has 42 heavy (non-hydrogen) atoms. The molecule has 7 nitrogen and oxygen atoms in total. The lowest BCUT2D eigenvalue weighted by atomic mass is 9.97. The van der Waals surface area contributed by atoms with Crippen LogP contribution in [-0.4, -0.2) is 40.6 Å². The number of fused-ring (bicyclic) bond motifs is 3. The Bertz CT molecular complexity index is 1780. The molecule has 0 radical (unpaired) electrons. The van der Waals surface area contributed by atoms with Crippen molar-refractivity contribution in [2.75, 3.05) is 19.8 Å². The van der Waals surface area contributed by atoms with Gasteiger partial charge in [0.05, 0.1) is 37.6 Å². The van der Waals surface area contributed by atoms with Crippen molar-refractivity contribution in [1.29, 1.82) is 0 Å². The number of carbonyl (C=O) groups excluding carboxylic acids is 1. The summed E-state index contributed by atoms with van der Waals surface area (Å²) < 4.78 is 35.4. The molecule has 1 N–H and O–H groups in total. The number of aromatic nitrogens is 3. The molecule has 216 valence electrons. The maximum atomic E-state index is 15.9. The van der Waals surface area contributed by atoms with Crippen LogP contribution < -0.4 is 4.74 Å². The van der Waals surface area contributed by atoms with Crippen LogP contribution in [0, 0.1) is 5.82 Å². The van der Waals surface area contributed by atoms with Gasteiger partial charge in [-0.15, -0.1) is 0 Å². The van der Waals surface area contributed by atoms with Crippen molar-refractivity contribution in [3.8, 4) is 16.9 Å². The van der Waals surface area contributed by atoms with Gasteiger partial charge in [-0.05, 0) is 55.3 Å². The SMILES string of the molecule is CCOC(=O)c1c(CCCOc2cccc3ccccc23)c2ccc(F)c3c2n1C/C=C\COCc1n[nH]c(CC)c1-3. The molecule has 1 aliphatic heterocycles. The molecule has 3 aromatic carbocycles. The van der Waals surface area contributed by atoms with Gasteiger partial charge in [0.15, 0.2) is 0 Å². The summed E-state index contributed by atoms with van der Waals surface area (Å²) in [6.07, 6.45) is 5.71. The molecule has 0 saturated heterocycles. The fourth-order valence-corrected chi connectivity index (χ4v) is 5.90. The van der Waals surface area contributed by atoms with Crippen LogP contribution in [0.25, 0.3) is 32.8 Å². The molecule has 0 bridgehead atoms. The first-order valence-electron chi connectivity index (χ1n) is 14.5. The van der Waals surface area contributed by atoms with Gasteiger partial charge in [-0.2, -0.15) is 5.10 Å². The standard InChI is InChI=1S/C34H34FN3O4/c1-3-27-31-28(37-36-27)21-40-19-8-7-18-38-32-25(16-17-26(35)30(31)32)24(33(38)34(39)41-4-2)14-10-20-42-29-15-9-12-22-11-5-6-13-23(22)29/h5-9,11-13,15-17H,3-4,10,14,18-21H2,1-2H3,(H,36,37)/b8-7-. The first-order valence-corrected chi connectivity index (χ1v) is 14.5. The fourth-order valence-electron chi connectivity index (χ4n) is 5.90. The summed E-state index contributed by atoms with van der Waals surface area (Å²) >= 11 is 0. The van der Waals surface area contributed by atoms with E-state index in [1.165, 1.54) is 6.07 Å². The predicted octanol–water partition coefficient (Wildman–Crippen LogP) is 7.16. The van der Waals surface area contributed by atoms with Crippen molar-refractivity contribution in [3.05, 3.63) is 95.2 Å². The molecule has 0 fully saturated rings. The Balaban J connectivity index is 1.45. The normalized spacial score (nSPS) is 14.0. The van der Waals surface area contributed by atoms with Crippen molar-refractivity contribution < 1.29 is 23.4 Å². The second-order valence-electron chi connectivity index (χ2n) is 10.3. The zero-order chi connectivity index (χ0) is 29.1. The van der Waals surface area contributed by atoms with Gasteiger partial charge < -0.3 is 18.8 Å². The lowest BCUT2D eigenvalue weighted by Gasteiger charge is -2.13. The van der Waals surface area contributed by atoms with Gasteiger partial charge in [-0.3, -0.25) is 5.10 Å². The summed E-state index contributed by atoms with van der Waals surface area (Å²) in [5, 5.41) is 10.6. The van der Waals surface area contributed by atoms with Crippen molar-refractivity contribution in [1.82, 2.24) is 14.8 Å². The van der Waals surface area contributed by atoms with Crippen molar-refractivity contribution in [2.45, 2.75) is 46.3 Å². The first-order chi connectivity index (χ1) is 20.6. The summed E-state index contributed by atoms with van der Waals surface area (Å²) in [5.74, 6) is 0.0302. The van der Waals surface area contributed by atoms with Gasteiger partial charge in [0.1, 0.15) is 17.3 Å². The quantitative estimate of drug-likeness (QED) is 0.122. The van der Waals surface area contributed by atoms with Crippen LogP contribution in [0.3, 0.4) is 0 Å². The van der Waals surface area contributed by atoms with E-state index in [0.717, 1.165) is 33.2 Å². The molecule has 6 rings (SSSR count). The number of halogens is 1. The van der Waals surface area contributed by atoms with Gasteiger partial charge in [0, 0.05) is 34.1 Å². The van der Waals surface area contributed by atoms with E-state index in [1.54, 1.807) is 13.0 Å². The van der Waals surface area contributed by atoms with Crippen LogP contribution >= 0.6 is 0 Å². The highest BCUT2D eigenvalue weighted by molar-refractivity contribution is 6.05. The minimum absolute atomic E-state index is 0.237. The van der Waals surface area contributed by atoms with E-state index in [2.05, 4.69) is 28.4 Å². The van der Waals surface area contributed by atoms with Crippen LogP contribution in [0.1, 0.15) is 47.7 Å². The molecule has 1 aliphatic rings. The monoisotopic (exact) mass is 567 g/mol. The topological polar surface area (TPSA) is 78.4 Å². The Hall–Kier alpha value is -4.43.